The lowest BCUT2D eigenvalue weighted by Gasteiger charge is -2.35. The van der Waals surface area contributed by atoms with E-state index < -0.39 is 0 Å². The Hall–Kier alpha value is -0.0800. The van der Waals surface area contributed by atoms with Crippen LogP contribution in [-0.2, 0) is 4.74 Å². The minimum Gasteiger partial charge on any atom is -0.372 e. The van der Waals surface area contributed by atoms with Crippen molar-refractivity contribution in [2.24, 2.45) is 0 Å². The molecule has 1 rings (SSSR count). The number of nitrogens with one attached hydrogen (secondary N) is 1. The number of morpholine rings is 1. The van der Waals surface area contributed by atoms with Gasteiger partial charge in [-0.05, 0) is 19.8 Å². The molecule has 0 bridgehead atoms. The fourth-order valence-corrected chi connectivity index (χ4v) is 1.85. The van der Waals surface area contributed by atoms with Gasteiger partial charge in [0, 0.05) is 12.6 Å². The minimum atomic E-state index is 0.393. The third kappa shape index (κ3) is 2.46. The van der Waals surface area contributed by atoms with E-state index in [1.165, 1.54) is 19.3 Å². The standard InChI is InChI=1S/C10H21NO/c1-4-6-10-9(5-2)11-7-8(3)12-10/h8-11H,4-7H2,1-3H3. The van der Waals surface area contributed by atoms with Gasteiger partial charge in [0.05, 0.1) is 12.2 Å². The van der Waals surface area contributed by atoms with Gasteiger partial charge in [0.15, 0.2) is 0 Å². The largest absolute Gasteiger partial charge is 0.372 e. The van der Waals surface area contributed by atoms with Gasteiger partial charge in [0.2, 0.25) is 0 Å². The summed E-state index contributed by atoms with van der Waals surface area (Å²) in [7, 11) is 0. The summed E-state index contributed by atoms with van der Waals surface area (Å²) in [6, 6.07) is 0.584. The molecule has 1 saturated heterocycles. The first-order valence-electron chi connectivity index (χ1n) is 5.16. The van der Waals surface area contributed by atoms with Crippen LogP contribution in [0, 0.1) is 0 Å². The average molecular weight is 171 g/mol. The number of hydrogen-bond donors (Lipinski definition) is 1. The van der Waals surface area contributed by atoms with Gasteiger partial charge in [-0.25, -0.2) is 0 Å². The first kappa shape index (κ1) is 10.0. The predicted molar refractivity (Wildman–Crippen MR) is 51.3 cm³/mol. The maximum absolute atomic E-state index is 5.87. The second kappa shape index (κ2) is 4.83. The Bertz CT molecular complexity index is 127. The highest BCUT2D eigenvalue weighted by molar-refractivity contribution is 4.81. The number of rotatable bonds is 3. The Morgan fingerprint density at radius 1 is 1.42 bits per heavy atom. The van der Waals surface area contributed by atoms with Gasteiger partial charge in [-0.15, -0.1) is 0 Å². The van der Waals surface area contributed by atoms with Crippen molar-refractivity contribution in [1.82, 2.24) is 5.32 Å². The number of ether oxygens (including phenoxy) is 1. The van der Waals surface area contributed by atoms with Gasteiger partial charge in [-0.3, -0.25) is 0 Å². The van der Waals surface area contributed by atoms with Crippen molar-refractivity contribution in [3.05, 3.63) is 0 Å². The van der Waals surface area contributed by atoms with E-state index in [0.717, 1.165) is 6.54 Å². The van der Waals surface area contributed by atoms with Gasteiger partial charge < -0.3 is 10.1 Å². The Morgan fingerprint density at radius 2 is 2.17 bits per heavy atom. The second-order valence-corrected chi connectivity index (χ2v) is 3.70. The maximum atomic E-state index is 5.87. The van der Waals surface area contributed by atoms with Gasteiger partial charge in [0.1, 0.15) is 0 Å². The summed E-state index contributed by atoms with van der Waals surface area (Å²) in [5, 5.41) is 3.53. The van der Waals surface area contributed by atoms with E-state index in [2.05, 4.69) is 26.1 Å². The van der Waals surface area contributed by atoms with E-state index in [9.17, 15) is 0 Å². The van der Waals surface area contributed by atoms with Crippen LogP contribution in [0.5, 0.6) is 0 Å². The van der Waals surface area contributed by atoms with Crippen molar-refractivity contribution in [3.8, 4) is 0 Å². The molecule has 1 heterocycles. The van der Waals surface area contributed by atoms with Crippen LogP contribution in [0.25, 0.3) is 0 Å². The highest BCUT2D eigenvalue weighted by atomic mass is 16.5. The van der Waals surface area contributed by atoms with Crippen LogP contribution in [0.1, 0.15) is 40.0 Å². The highest BCUT2D eigenvalue weighted by Crippen LogP contribution is 2.16. The second-order valence-electron chi connectivity index (χ2n) is 3.70. The van der Waals surface area contributed by atoms with Gasteiger partial charge in [0.25, 0.3) is 0 Å². The quantitative estimate of drug-likeness (QED) is 0.700. The average Bonchev–Trinajstić information content (AvgIpc) is 2.05. The van der Waals surface area contributed by atoms with Crippen LogP contribution in [0.15, 0.2) is 0 Å². The molecule has 12 heavy (non-hydrogen) atoms. The molecule has 0 aromatic rings. The van der Waals surface area contributed by atoms with Crippen LogP contribution in [0.3, 0.4) is 0 Å². The summed E-state index contributed by atoms with van der Waals surface area (Å²) in [4.78, 5) is 0. The molecule has 0 saturated carbocycles. The molecule has 1 aliphatic heterocycles. The van der Waals surface area contributed by atoms with E-state index in [1.807, 2.05) is 0 Å². The fraction of sp³-hybridized carbons (Fsp3) is 1.00. The molecule has 2 nitrogen and oxygen atoms in total. The molecular weight excluding hydrogens is 150 g/mol. The van der Waals surface area contributed by atoms with Crippen LogP contribution in [-0.4, -0.2) is 24.8 Å². The lowest BCUT2D eigenvalue weighted by Crippen LogP contribution is -2.51. The molecular formula is C10H21NO. The summed E-state index contributed by atoms with van der Waals surface area (Å²) in [6.45, 7) is 7.59. The van der Waals surface area contributed by atoms with Crippen molar-refractivity contribution >= 4 is 0 Å². The smallest absolute Gasteiger partial charge is 0.0732 e. The Labute approximate surface area is 75.7 Å². The van der Waals surface area contributed by atoms with Crippen LogP contribution < -0.4 is 5.32 Å². The zero-order chi connectivity index (χ0) is 8.97. The van der Waals surface area contributed by atoms with Crippen molar-refractivity contribution in [2.75, 3.05) is 6.54 Å². The van der Waals surface area contributed by atoms with E-state index in [-0.39, 0.29) is 0 Å². The lowest BCUT2D eigenvalue weighted by molar-refractivity contribution is -0.0584. The van der Waals surface area contributed by atoms with Crippen LogP contribution in [0.2, 0.25) is 0 Å². The molecule has 0 radical (unpaired) electrons. The monoisotopic (exact) mass is 171 g/mol. The molecule has 3 atom stereocenters. The maximum Gasteiger partial charge on any atom is 0.0732 e. The Morgan fingerprint density at radius 3 is 2.75 bits per heavy atom. The lowest BCUT2D eigenvalue weighted by atomic mass is 10.0. The van der Waals surface area contributed by atoms with E-state index in [4.69, 9.17) is 4.74 Å². The Balaban J connectivity index is 2.40. The summed E-state index contributed by atoms with van der Waals surface area (Å²) in [5.41, 5.74) is 0. The van der Waals surface area contributed by atoms with E-state index in [0.29, 0.717) is 18.2 Å². The predicted octanol–water partition coefficient (Wildman–Crippen LogP) is 1.94. The molecule has 1 N–H and O–H groups in total. The van der Waals surface area contributed by atoms with Crippen molar-refractivity contribution in [1.29, 1.82) is 0 Å². The molecule has 1 fully saturated rings. The third-order valence-corrected chi connectivity index (χ3v) is 2.54. The summed E-state index contributed by atoms with van der Waals surface area (Å²) in [5.74, 6) is 0. The summed E-state index contributed by atoms with van der Waals surface area (Å²) >= 11 is 0. The summed E-state index contributed by atoms with van der Waals surface area (Å²) in [6.07, 6.45) is 4.43. The molecule has 0 aromatic carbocycles. The zero-order valence-corrected chi connectivity index (χ0v) is 8.47. The molecule has 2 heteroatoms. The molecule has 3 unspecified atom stereocenters. The zero-order valence-electron chi connectivity index (χ0n) is 8.47. The molecule has 72 valence electrons. The highest BCUT2D eigenvalue weighted by Gasteiger charge is 2.26. The van der Waals surface area contributed by atoms with Gasteiger partial charge in [-0.2, -0.15) is 0 Å². The first-order valence-corrected chi connectivity index (χ1v) is 5.16. The topological polar surface area (TPSA) is 21.3 Å². The van der Waals surface area contributed by atoms with E-state index in [1.54, 1.807) is 0 Å². The molecule has 1 aliphatic rings. The van der Waals surface area contributed by atoms with Gasteiger partial charge >= 0.3 is 0 Å². The van der Waals surface area contributed by atoms with E-state index >= 15 is 0 Å². The van der Waals surface area contributed by atoms with Crippen molar-refractivity contribution in [2.45, 2.75) is 58.3 Å². The van der Waals surface area contributed by atoms with Crippen molar-refractivity contribution in [3.63, 3.8) is 0 Å². The van der Waals surface area contributed by atoms with Crippen LogP contribution >= 0.6 is 0 Å². The normalized spacial score (nSPS) is 36.8. The summed E-state index contributed by atoms with van der Waals surface area (Å²) < 4.78 is 5.87. The Kier molecular flexibility index (Phi) is 4.02. The molecule has 0 amide bonds. The number of hydrogen-bond acceptors (Lipinski definition) is 2. The minimum absolute atomic E-state index is 0.393. The first-order chi connectivity index (χ1) is 5.77. The molecule has 0 spiro atoms. The van der Waals surface area contributed by atoms with Gasteiger partial charge in [-0.1, -0.05) is 20.3 Å². The van der Waals surface area contributed by atoms with Crippen molar-refractivity contribution < 1.29 is 4.74 Å². The third-order valence-electron chi connectivity index (χ3n) is 2.54. The van der Waals surface area contributed by atoms with Crippen LogP contribution in [0.4, 0.5) is 0 Å². The molecule has 0 aromatic heterocycles. The SMILES string of the molecule is CCCC1OC(C)CNC1CC. The molecule has 0 aliphatic carbocycles. The fourth-order valence-electron chi connectivity index (χ4n) is 1.85.